The Morgan fingerprint density at radius 1 is 1.44 bits per heavy atom. The van der Waals surface area contributed by atoms with E-state index in [9.17, 15) is 9.90 Å². The highest BCUT2D eigenvalue weighted by Crippen LogP contribution is 2.19. The lowest BCUT2D eigenvalue weighted by Gasteiger charge is -2.08. The maximum Gasteiger partial charge on any atom is 0.152 e. The van der Waals surface area contributed by atoms with Crippen LogP contribution in [0.15, 0.2) is 30.5 Å². The Bertz CT molecular complexity index is 500. The Labute approximate surface area is 94.3 Å². The number of aromatic nitrogens is 1. The molecule has 0 aliphatic carbocycles. The second-order valence-electron chi connectivity index (χ2n) is 4.05. The van der Waals surface area contributed by atoms with Gasteiger partial charge in [0.2, 0.25) is 0 Å². The lowest BCUT2D eigenvalue weighted by atomic mass is 10.1. The van der Waals surface area contributed by atoms with E-state index < -0.39 is 0 Å². The first-order chi connectivity index (χ1) is 7.72. The summed E-state index contributed by atoms with van der Waals surface area (Å²) >= 11 is 0. The average Bonchev–Trinajstić information content (AvgIpc) is 2.69. The van der Waals surface area contributed by atoms with Crippen LogP contribution in [-0.2, 0) is 6.54 Å². The molecule has 1 heterocycles. The summed E-state index contributed by atoms with van der Waals surface area (Å²) in [6.07, 6.45) is 3.21. The summed E-state index contributed by atoms with van der Waals surface area (Å²) in [4.78, 5) is 10.9. The van der Waals surface area contributed by atoms with Crippen LogP contribution in [-0.4, -0.2) is 22.1 Å². The van der Waals surface area contributed by atoms with E-state index in [1.807, 2.05) is 35.0 Å². The molecule has 1 N–H and O–H groups in total. The van der Waals surface area contributed by atoms with Gasteiger partial charge in [-0.1, -0.05) is 12.1 Å². The molecule has 16 heavy (non-hydrogen) atoms. The predicted octanol–water partition coefficient (Wildman–Crippen LogP) is 2.22. The van der Waals surface area contributed by atoms with Crippen LogP contribution in [0.1, 0.15) is 23.7 Å². The van der Waals surface area contributed by atoms with E-state index in [1.54, 1.807) is 6.92 Å². The van der Waals surface area contributed by atoms with Crippen molar-refractivity contribution in [3.05, 3.63) is 36.0 Å². The van der Waals surface area contributed by atoms with Gasteiger partial charge < -0.3 is 9.67 Å². The zero-order valence-electron chi connectivity index (χ0n) is 9.26. The van der Waals surface area contributed by atoms with Gasteiger partial charge in [0.25, 0.3) is 0 Å². The molecule has 0 aliphatic rings. The summed E-state index contributed by atoms with van der Waals surface area (Å²) in [6.45, 7) is 2.50. The lowest BCUT2D eigenvalue weighted by Crippen LogP contribution is -2.06. The van der Waals surface area contributed by atoms with Gasteiger partial charge >= 0.3 is 0 Å². The van der Waals surface area contributed by atoms with E-state index in [0.29, 0.717) is 12.0 Å². The van der Waals surface area contributed by atoms with Gasteiger partial charge in [-0.05, 0) is 25.5 Å². The molecule has 3 nitrogen and oxygen atoms in total. The molecule has 0 aliphatic heterocycles. The summed E-state index contributed by atoms with van der Waals surface area (Å²) < 4.78 is 2.02. The second kappa shape index (κ2) is 4.49. The molecule has 84 valence electrons. The van der Waals surface area contributed by atoms with E-state index in [-0.39, 0.29) is 6.10 Å². The average molecular weight is 217 g/mol. The molecule has 2 aromatic rings. The third-order valence-corrected chi connectivity index (χ3v) is 2.73. The van der Waals surface area contributed by atoms with Crippen LogP contribution in [0.2, 0.25) is 0 Å². The Morgan fingerprint density at radius 2 is 2.25 bits per heavy atom. The molecule has 0 saturated carbocycles. The minimum atomic E-state index is -0.319. The van der Waals surface area contributed by atoms with E-state index in [0.717, 1.165) is 23.7 Å². The number of hydrogen-bond acceptors (Lipinski definition) is 2. The molecular weight excluding hydrogens is 202 g/mol. The van der Waals surface area contributed by atoms with Gasteiger partial charge in [-0.3, -0.25) is 4.79 Å². The van der Waals surface area contributed by atoms with Crippen LogP contribution >= 0.6 is 0 Å². The summed E-state index contributed by atoms with van der Waals surface area (Å²) in [5, 5.41) is 10.3. The highest BCUT2D eigenvalue weighted by molar-refractivity contribution is 5.96. The largest absolute Gasteiger partial charge is 0.393 e. The number of aryl methyl sites for hydroxylation is 1. The number of aliphatic hydroxyl groups is 1. The Morgan fingerprint density at radius 3 is 2.94 bits per heavy atom. The van der Waals surface area contributed by atoms with Gasteiger partial charge in [-0.2, -0.15) is 0 Å². The van der Waals surface area contributed by atoms with Gasteiger partial charge in [-0.15, -0.1) is 0 Å². The summed E-state index contributed by atoms with van der Waals surface area (Å²) in [5.74, 6) is 0. The highest BCUT2D eigenvalue weighted by atomic mass is 16.3. The third kappa shape index (κ3) is 1.99. The quantitative estimate of drug-likeness (QED) is 0.798. The number of aliphatic hydroxyl groups excluding tert-OH is 1. The first-order valence-corrected chi connectivity index (χ1v) is 5.43. The molecule has 0 bridgehead atoms. The fraction of sp³-hybridized carbons (Fsp3) is 0.308. The van der Waals surface area contributed by atoms with Crippen molar-refractivity contribution in [2.24, 2.45) is 0 Å². The zero-order valence-corrected chi connectivity index (χ0v) is 9.26. The SMILES string of the molecule is CC(O)CCn1ccc2cccc(C=O)c21. The van der Waals surface area contributed by atoms with Crippen molar-refractivity contribution in [1.82, 2.24) is 4.57 Å². The molecular formula is C13H15NO2. The number of carbonyl (C=O) groups excluding carboxylic acids is 1. The first-order valence-electron chi connectivity index (χ1n) is 5.43. The van der Waals surface area contributed by atoms with Gasteiger partial charge in [0.05, 0.1) is 11.6 Å². The van der Waals surface area contributed by atoms with E-state index in [1.165, 1.54) is 0 Å². The number of benzene rings is 1. The molecule has 3 heteroatoms. The van der Waals surface area contributed by atoms with Crippen molar-refractivity contribution < 1.29 is 9.90 Å². The fourth-order valence-corrected chi connectivity index (χ4v) is 1.90. The van der Waals surface area contributed by atoms with Gasteiger partial charge in [-0.25, -0.2) is 0 Å². The van der Waals surface area contributed by atoms with E-state index >= 15 is 0 Å². The van der Waals surface area contributed by atoms with Gasteiger partial charge in [0.1, 0.15) is 0 Å². The Hall–Kier alpha value is -1.61. The fourth-order valence-electron chi connectivity index (χ4n) is 1.90. The van der Waals surface area contributed by atoms with Crippen molar-refractivity contribution in [1.29, 1.82) is 0 Å². The van der Waals surface area contributed by atoms with Crippen molar-refractivity contribution in [3.63, 3.8) is 0 Å². The number of hydrogen-bond donors (Lipinski definition) is 1. The van der Waals surface area contributed by atoms with E-state index in [4.69, 9.17) is 0 Å². The number of fused-ring (bicyclic) bond motifs is 1. The molecule has 0 spiro atoms. The van der Waals surface area contributed by atoms with E-state index in [2.05, 4.69) is 0 Å². The lowest BCUT2D eigenvalue weighted by molar-refractivity contribution is 0.112. The van der Waals surface area contributed by atoms with Crippen LogP contribution in [0.4, 0.5) is 0 Å². The minimum absolute atomic E-state index is 0.319. The standard InChI is InChI=1S/C13H15NO2/c1-10(16)5-7-14-8-6-11-3-2-4-12(9-15)13(11)14/h2-4,6,8-10,16H,5,7H2,1H3. The summed E-state index contributed by atoms with van der Waals surface area (Å²) in [6, 6.07) is 7.67. The maximum atomic E-state index is 10.9. The Kier molecular flexibility index (Phi) is 3.06. The van der Waals surface area contributed by atoms with Crippen LogP contribution in [0.5, 0.6) is 0 Å². The smallest absolute Gasteiger partial charge is 0.152 e. The molecule has 0 amide bonds. The van der Waals surface area contributed by atoms with Crippen LogP contribution in [0.3, 0.4) is 0 Å². The number of aldehydes is 1. The molecule has 0 fully saturated rings. The third-order valence-electron chi connectivity index (χ3n) is 2.73. The molecule has 1 atom stereocenters. The second-order valence-corrected chi connectivity index (χ2v) is 4.05. The molecule has 1 unspecified atom stereocenters. The Balaban J connectivity index is 2.41. The molecule has 0 saturated heterocycles. The minimum Gasteiger partial charge on any atom is -0.393 e. The topological polar surface area (TPSA) is 42.2 Å². The normalized spacial score (nSPS) is 12.9. The van der Waals surface area contributed by atoms with Gasteiger partial charge in [0.15, 0.2) is 6.29 Å². The molecule has 1 aromatic carbocycles. The molecule has 2 rings (SSSR count). The zero-order chi connectivity index (χ0) is 11.5. The molecule has 0 radical (unpaired) electrons. The number of carbonyl (C=O) groups is 1. The monoisotopic (exact) mass is 217 g/mol. The number of rotatable bonds is 4. The van der Waals surface area contributed by atoms with Crippen molar-refractivity contribution in [2.75, 3.05) is 0 Å². The predicted molar refractivity (Wildman–Crippen MR) is 63.6 cm³/mol. The summed E-state index contributed by atoms with van der Waals surface area (Å²) in [5.41, 5.74) is 1.66. The first kappa shape index (κ1) is 10.9. The number of para-hydroxylation sites is 1. The maximum absolute atomic E-state index is 10.9. The van der Waals surface area contributed by atoms with Crippen LogP contribution in [0, 0.1) is 0 Å². The van der Waals surface area contributed by atoms with Crippen LogP contribution < -0.4 is 0 Å². The highest BCUT2D eigenvalue weighted by Gasteiger charge is 2.06. The van der Waals surface area contributed by atoms with Gasteiger partial charge in [0, 0.05) is 23.7 Å². The molecule has 1 aromatic heterocycles. The number of nitrogens with zero attached hydrogens (tertiary/aromatic N) is 1. The van der Waals surface area contributed by atoms with Crippen molar-refractivity contribution in [2.45, 2.75) is 26.0 Å². The van der Waals surface area contributed by atoms with Crippen molar-refractivity contribution in [3.8, 4) is 0 Å². The van der Waals surface area contributed by atoms with Crippen LogP contribution in [0.25, 0.3) is 10.9 Å². The van der Waals surface area contributed by atoms with Crippen molar-refractivity contribution >= 4 is 17.2 Å². The summed E-state index contributed by atoms with van der Waals surface area (Å²) in [7, 11) is 0.